The number of nitrogens with one attached hydrogen (secondary N) is 1. The van der Waals surface area contributed by atoms with E-state index in [2.05, 4.69) is 5.32 Å². The molecule has 0 atom stereocenters. The van der Waals surface area contributed by atoms with Gasteiger partial charge < -0.3 is 11.1 Å². The lowest BCUT2D eigenvalue weighted by atomic mass is 9.83. The van der Waals surface area contributed by atoms with Crippen LogP contribution in [0, 0.1) is 5.92 Å². The molecule has 1 saturated carbocycles. The van der Waals surface area contributed by atoms with Gasteiger partial charge >= 0.3 is 0 Å². The lowest BCUT2D eigenvalue weighted by Crippen LogP contribution is -2.22. The van der Waals surface area contributed by atoms with Crippen LogP contribution >= 0.6 is 0 Å². The van der Waals surface area contributed by atoms with E-state index < -0.39 is 0 Å². The first-order valence-corrected chi connectivity index (χ1v) is 5.34. The molecule has 12 heavy (non-hydrogen) atoms. The molecule has 1 aliphatic rings. The highest BCUT2D eigenvalue weighted by molar-refractivity contribution is 4.70. The van der Waals surface area contributed by atoms with E-state index in [9.17, 15) is 0 Å². The van der Waals surface area contributed by atoms with Crippen LogP contribution in [0.2, 0.25) is 0 Å². The van der Waals surface area contributed by atoms with Gasteiger partial charge in [0.1, 0.15) is 0 Å². The lowest BCUT2D eigenvalue weighted by Gasteiger charge is -2.25. The number of hydrogen-bond acceptors (Lipinski definition) is 2. The summed E-state index contributed by atoms with van der Waals surface area (Å²) < 4.78 is 0. The topological polar surface area (TPSA) is 38.0 Å². The summed E-state index contributed by atoms with van der Waals surface area (Å²) in [5.41, 5.74) is 5.39. The quantitative estimate of drug-likeness (QED) is 0.568. The minimum absolute atomic E-state index is 0.838. The number of unbranched alkanes of at least 4 members (excludes halogenated alkanes) is 1. The largest absolute Gasteiger partial charge is 0.330 e. The van der Waals surface area contributed by atoms with Crippen LogP contribution in [0.4, 0.5) is 0 Å². The van der Waals surface area contributed by atoms with Crippen molar-refractivity contribution in [3.8, 4) is 0 Å². The van der Waals surface area contributed by atoms with Crippen molar-refractivity contribution in [1.29, 1.82) is 0 Å². The van der Waals surface area contributed by atoms with Crippen LogP contribution in [-0.4, -0.2) is 19.6 Å². The fourth-order valence-electron chi connectivity index (χ4n) is 1.61. The van der Waals surface area contributed by atoms with E-state index in [-0.39, 0.29) is 0 Å². The predicted octanol–water partition coefficient (Wildman–Crippen LogP) is 1.51. The standard InChI is InChI=1S/C10H22N2/c11-7-1-2-8-12-9-6-10-4-3-5-10/h10,12H,1-9,11H2. The zero-order chi connectivity index (χ0) is 8.65. The van der Waals surface area contributed by atoms with Crippen LogP contribution in [-0.2, 0) is 0 Å². The maximum absolute atomic E-state index is 5.39. The van der Waals surface area contributed by atoms with Gasteiger partial charge in [-0.15, -0.1) is 0 Å². The zero-order valence-electron chi connectivity index (χ0n) is 8.02. The lowest BCUT2D eigenvalue weighted by molar-refractivity contribution is 0.292. The highest BCUT2D eigenvalue weighted by Crippen LogP contribution is 2.28. The van der Waals surface area contributed by atoms with Crippen molar-refractivity contribution in [1.82, 2.24) is 5.32 Å². The van der Waals surface area contributed by atoms with Crippen molar-refractivity contribution in [2.24, 2.45) is 11.7 Å². The first-order chi connectivity index (χ1) is 5.93. The normalized spacial score (nSPS) is 17.8. The average molecular weight is 170 g/mol. The van der Waals surface area contributed by atoms with Gasteiger partial charge in [0.2, 0.25) is 0 Å². The molecule has 72 valence electrons. The molecular weight excluding hydrogens is 148 g/mol. The second kappa shape index (κ2) is 6.44. The van der Waals surface area contributed by atoms with Gasteiger partial charge in [0.25, 0.3) is 0 Å². The third-order valence-corrected chi connectivity index (χ3v) is 2.76. The molecule has 0 radical (unpaired) electrons. The summed E-state index contributed by atoms with van der Waals surface area (Å²) in [5, 5.41) is 3.46. The van der Waals surface area contributed by atoms with Gasteiger partial charge in [0.05, 0.1) is 0 Å². The van der Waals surface area contributed by atoms with E-state index in [1.807, 2.05) is 0 Å². The molecule has 2 nitrogen and oxygen atoms in total. The Balaban J connectivity index is 1.70. The summed E-state index contributed by atoms with van der Waals surface area (Å²) in [7, 11) is 0. The summed E-state index contributed by atoms with van der Waals surface area (Å²) in [5.74, 6) is 1.05. The summed E-state index contributed by atoms with van der Waals surface area (Å²) in [6.07, 6.45) is 8.22. The highest BCUT2D eigenvalue weighted by Gasteiger charge is 2.15. The Labute approximate surface area is 75.9 Å². The number of nitrogens with two attached hydrogens (primary N) is 1. The zero-order valence-corrected chi connectivity index (χ0v) is 8.02. The van der Waals surface area contributed by atoms with Gasteiger partial charge in [-0.05, 0) is 44.8 Å². The van der Waals surface area contributed by atoms with Gasteiger partial charge in [0, 0.05) is 0 Å². The van der Waals surface area contributed by atoms with E-state index in [0.717, 1.165) is 25.4 Å². The smallest absolute Gasteiger partial charge is 0.00463 e. The Hall–Kier alpha value is -0.0800. The van der Waals surface area contributed by atoms with Crippen molar-refractivity contribution in [2.45, 2.75) is 38.5 Å². The molecule has 0 aromatic carbocycles. The fourth-order valence-corrected chi connectivity index (χ4v) is 1.61. The predicted molar refractivity (Wildman–Crippen MR) is 53.1 cm³/mol. The second-order valence-electron chi connectivity index (χ2n) is 3.83. The van der Waals surface area contributed by atoms with Crippen molar-refractivity contribution in [3.05, 3.63) is 0 Å². The van der Waals surface area contributed by atoms with Crippen LogP contribution in [0.25, 0.3) is 0 Å². The van der Waals surface area contributed by atoms with E-state index in [4.69, 9.17) is 5.73 Å². The summed E-state index contributed by atoms with van der Waals surface area (Å²) in [6, 6.07) is 0. The van der Waals surface area contributed by atoms with E-state index in [1.54, 1.807) is 0 Å². The van der Waals surface area contributed by atoms with Gasteiger partial charge in [0.15, 0.2) is 0 Å². The third-order valence-electron chi connectivity index (χ3n) is 2.76. The van der Waals surface area contributed by atoms with Crippen LogP contribution in [0.5, 0.6) is 0 Å². The molecular formula is C10H22N2. The molecule has 1 rings (SSSR count). The minimum Gasteiger partial charge on any atom is -0.330 e. The SMILES string of the molecule is NCCCCNCCC1CCC1. The van der Waals surface area contributed by atoms with Crippen molar-refractivity contribution >= 4 is 0 Å². The molecule has 0 aliphatic heterocycles. The Morgan fingerprint density at radius 2 is 2.00 bits per heavy atom. The Morgan fingerprint density at radius 3 is 2.58 bits per heavy atom. The molecule has 0 spiro atoms. The number of rotatable bonds is 7. The fraction of sp³-hybridized carbons (Fsp3) is 1.00. The summed E-state index contributed by atoms with van der Waals surface area (Å²) in [6.45, 7) is 3.21. The van der Waals surface area contributed by atoms with E-state index in [1.165, 1.54) is 38.6 Å². The molecule has 1 fully saturated rings. The first-order valence-electron chi connectivity index (χ1n) is 5.34. The van der Waals surface area contributed by atoms with Crippen molar-refractivity contribution in [3.63, 3.8) is 0 Å². The third kappa shape index (κ3) is 4.07. The maximum atomic E-state index is 5.39. The summed E-state index contributed by atoms with van der Waals surface area (Å²) in [4.78, 5) is 0. The molecule has 1 aliphatic carbocycles. The molecule has 0 heterocycles. The Kier molecular flexibility index (Phi) is 5.37. The van der Waals surface area contributed by atoms with E-state index >= 15 is 0 Å². The number of hydrogen-bond donors (Lipinski definition) is 2. The first kappa shape index (κ1) is 10.0. The molecule has 0 unspecified atom stereocenters. The van der Waals surface area contributed by atoms with Gasteiger partial charge in [-0.1, -0.05) is 19.3 Å². The minimum atomic E-state index is 0.838. The molecule has 0 saturated heterocycles. The Bertz CT molecular complexity index is 100. The van der Waals surface area contributed by atoms with Gasteiger partial charge in [-0.25, -0.2) is 0 Å². The molecule has 3 N–H and O–H groups in total. The maximum Gasteiger partial charge on any atom is -0.00463 e. The molecule has 0 amide bonds. The van der Waals surface area contributed by atoms with E-state index in [0.29, 0.717) is 0 Å². The molecule has 0 aromatic rings. The van der Waals surface area contributed by atoms with Crippen LogP contribution < -0.4 is 11.1 Å². The monoisotopic (exact) mass is 170 g/mol. The summed E-state index contributed by atoms with van der Waals surface area (Å²) >= 11 is 0. The molecule has 0 bridgehead atoms. The van der Waals surface area contributed by atoms with Crippen molar-refractivity contribution < 1.29 is 0 Å². The van der Waals surface area contributed by atoms with Crippen molar-refractivity contribution in [2.75, 3.05) is 19.6 Å². The molecule has 0 aromatic heterocycles. The highest BCUT2D eigenvalue weighted by atomic mass is 14.8. The average Bonchev–Trinajstić information content (AvgIpc) is 2.00. The van der Waals surface area contributed by atoms with Gasteiger partial charge in [-0.3, -0.25) is 0 Å². The van der Waals surface area contributed by atoms with Crippen LogP contribution in [0.1, 0.15) is 38.5 Å². The second-order valence-corrected chi connectivity index (χ2v) is 3.83. The molecule has 2 heteroatoms. The van der Waals surface area contributed by atoms with Crippen LogP contribution in [0.3, 0.4) is 0 Å². The Morgan fingerprint density at radius 1 is 1.17 bits per heavy atom. The van der Waals surface area contributed by atoms with Crippen LogP contribution in [0.15, 0.2) is 0 Å². The van der Waals surface area contributed by atoms with Gasteiger partial charge in [-0.2, -0.15) is 0 Å².